The zero-order valence-electron chi connectivity index (χ0n) is 17.1. The van der Waals surface area contributed by atoms with Crippen LogP contribution in [0.5, 0.6) is 0 Å². The molecule has 0 spiro atoms. The van der Waals surface area contributed by atoms with Crippen LogP contribution >= 0.6 is 0 Å². The minimum absolute atomic E-state index is 0.0712. The van der Waals surface area contributed by atoms with Crippen LogP contribution in [0, 0.1) is 5.92 Å². The number of carbonyl (C=O) groups excluding carboxylic acids is 1. The zero-order chi connectivity index (χ0) is 20.3. The van der Waals surface area contributed by atoms with E-state index in [1.54, 1.807) is 0 Å². The molecule has 3 nitrogen and oxygen atoms in total. The molecule has 2 aliphatic heterocycles. The van der Waals surface area contributed by atoms with Gasteiger partial charge >= 0.3 is 0 Å². The van der Waals surface area contributed by atoms with Crippen LogP contribution in [0.25, 0.3) is 11.1 Å². The Morgan fingerprint density at radius 1 is 0.800 bits per heavy atom. The lowest BCUT2D eigenvalue weighted by atomic mass is 9.80. The van der Waals surface area contributed by atoms with Crippen LogP contribution in [-0.4, -0.2) is 36.0 Å². The van der Waals surface area contributed by atoms with Crippen molar-refractivity contribution in [2.45, 2.75) is 31.5 Å². The third kappa shape index (κ3) is 3.96. The van der Waals surface area contributed by atoms with Crippen molar-refractivity contribution in [3.8, 4) is 11.1 Å². The molecule has 0 saturated carbocycles. The van der Waals surface area contributed by atoms with Gasteiger partial charge in [0.2, 0.25) is 0 Å². The Morgan fingerprint density at radius 2 is 1.43 bits per heavy atom. The number of carbonyl (C=O) groups is 1. The molecule has 2 bridgehead atoms. The molecule has 2 fully saturated rings. The molecule has 0 amide bonds. The van der Waals surface area contributed by atoms with Gasteiger partial charge in [-0.05, 0) is 35.6 Å². The summed E-state index contributed by atoms with van der Waals surface area (Å²) in [6.45, 7) is 2.37. The summed E-state index contributed by atoms with van der Waals surface area (Å²) in [6, 6.07) is 29.6. The van der Waals surface area contributed by atoms with E-state index in [0.717, 1.165) is 49.3 Å². The maximum Gasteiger partial charge on any atom is 0.166 e. The molecule has 2 aliphatic rings. The van der Waals surface area contributed by atoms with Crippen LogP contribution in [0.2, 0.25) is 0 Å². The molecule has 0 aromatic heterocycles. The third-order valence-corrected chi connectivity index (χ3v) is 6.50. The van der Waals surface area contributed by atoms with Crippen LogP contribution in [0.4, 0.5) is 0 Å². The van der Waals surface area contributed by atoms with Gasteiger partial charge in [-0.3, -0.25) is 9.69 Å². The van der Waals surface area contributed by atoms with Crippen molar-refractivity contribution >= 4 is 5.78 Å². The number of ether oxygens (including phenoxy) is 1. The fourth-order valence-electron chi connectivity index (χ4n) is 4.97. The van der Waals surface area contributed by atoms with Gasteiger partial charge < -0.3 is 4.74 Å². The highest BCUT2D eigenvalue weighted by molar-refractivity contribution is 5.99. The SMILES string of the molecule is O=C(c1cccc(-c2ccccc2)c1)C1CC2COCC(C1)N2Cc1ccccc1. The van der Waals surface area contributed by atoms with E-state index in [0.29, 0.717) is 12.1 Å². The lowest BCUT2D eigenvalue weighted by Gasteiger charge is -2.48. The maximum atomic E-state index is 13.4. The third-order valence-electron chi connectivity index (χ3n) is 6.50. The van der Waals surface area contributed by atoms with Crippen molar-refractivity contribution < 1.29 is 9.53 Å². The standard InChI is InChI=1S/C27H27NO2/c29-27(23-13-7-12-22(14-23)21-10-5-2-6-11-21)24-15-25-18-30-19-26(16-24)28(25)17-20-8-3-1-4-9-20/h1-14,24-26H,15-19H2. The summed E-state index contributed by atoms with van der Waals surface area (Å²) in [5.41, 5.74) is 4.41. The molecule has 3 aromatic carbocycles. The lowest BCUT2D eigenvalue weighted by Crippen LogP contribution is -2.57. The Hall–Kier alpha value is -2.75. The normalized spacial score (nSPS) is 23.8. The van der Waals surface area contributed by atoms with Crippen LogP contribution < -0.4 is 0 Å². The van der Waals surface area contributed by atoms with Crippen molar-refractivity contribution in [2.75, 3.05) is 13.2 Å². The Bertz CT molecular complexity index is 988. The number of hydrogen-bond donors (Lipinski definition) is 0. The van der Waals surface area contributed by atoms with Gasteiger partial charge in [-0.1, -0.05) is 78.9 Å². The van der Waals surface area contributed by atoms with Crippen LogP contribution in [0.1, 0.15) is 28.8 Å². The van der Waals surface area contributed by atoms with Crippen molar-refractivity contribution in [1.29, 1.82) is 0 Å². The molecule has 0 radical (unpaired) electrons. The molecule has 0 N–H and O–H groups in total. The van der Waals surface area contributed by atoms with E-state index in [-0.39, 0.29) is 11.7 Å². The summed E-state index contributed by atoms with van der Waals surface area (Å²) in [5, 5.41) is 0. The van der Waals surface area contributed by atoms with E-state index in [9.17, 15) is 4.79 Å². The average Bonchev–Trinajstić information content (AvgIpc) is 2.80. The Labute approximate surface area is 178 Å². The second-order valence-electron chi connectivity index (χ2n) is 8.48. The van der Waals surface area contributed by atoms with Gasteiger partial charge in [0.05, 0.1) is 13.2 Å². The predicted molar refractivity (Wildman–Crippen MR) is 119 cm³/mol. The number of nitrogens with zero attached hydrogens (tertiary/aromatic N) is 1. The van der Waals surface area contributed by atoms with Crippen molar-refractivity contribution in [3.05, 3.63) is 96.1 Å². The minimum Gasteiger partial charge on any atom is -0.378 e. The van der Waals surface area contributed by atoms with Crippen molar-refractivity contribution in [1.82, 2.24) is 4.90 Å². The van der Waals surface area contributed by atoms with E-state index in [4.69, 9.17) is 4.74 Å². The van der Waals surface area contributed by atoms with Crippen LogP contribution in [0.15, 0.2) is 84.9 Å². The number of piperidine rings is 1. The van der Waals surface area contributed by atoms with E-state index in [1.165, 1.54) is 5.56 Å². The highest BCUT2D eigenvalue weighted by atomic mass is 16.5. The molecular weight excluding hydrogens is 370 g/mol. The molecule has 2 saturated heterocycles. The fourth-order valence-corrected chi connectivity index (χ4v) is 4.97. The highest BCUT2D eigenvalue weighted by Crippen LogP contribution is 2.35. The Morgan fingerprint density at radius 3 is 2.13 bits per heavy atom. The Kier molecular flexibility index (Phi) is 5.48. The van der Waals surface area contributed by atoms with Crippen molar-refractivity contribution in [2.24, 2.45) is 5.92 Å². The quantitative estimate of drug-likeness (QED) is 0.553. The highest BCUT2D eigenvalue weighted by Gasteiger charge is 2.41. The number of ketones is 1. The second kappa shape index (κ2) is 8.55. The number of benzene rings is 3. The molecule has 152 valence electrons. The first kappa shape index (κ1) is 19.2. The van der Waals surface area contributed by atoms with Gasteiger partial charge in [0.15, 0.2) is 5.78 Å². The van der Waals surface area contributed by atoms with Gasteiger partial charge in [0.1, 0.15) is 0 Å². The van der Waals surface area contributed by atoms with Gasteiger partial charge in [0, 0.05) is 30.1 Å². The molecule has 30 heavy (non-hydrogen) atoms. The summed E-state index contributed by atoms with van der Waals surface area (Å²) >= 11 is 0. The van der Waals surface area contributed by atoms with E-state index >= 15 is 0 Å². The van der Waals surface area contributed by atoms with E-state index in [2.05, 4.69) is 59.5 Å². The molecule has 2 unspecified atom stereocenters. The fraction of sp³-hybridized carbons (Fsp3) is 0.296. The van der Waals surface area contributed by atoms with Gasteiger partial charge in [0.25, 0.3) is 0 Å². The van der Waals surface area contributed by atoms with Gasteiger partial charge in [-0.2, -0.15) is 0 Å². The average molecular weight is 398 g/mol. The molecule has 5 rings (SSSR count). The summed E-state index contributed by atoms with van der Waals surface area (Å²) in [7, 11) is 0. The van der Waals surface area contributed by atoms with Crippen LogP contribution in [0.3, 0.4) is 0 Å². The number of hydrogen-bond acceptors (Lipinski definition) is 3. The smallest absolute Gasteiger partial charge is 0.166 e. The predicted octanol–water partition coefficient (Wildman–Crippen LogP) is 5.22. The maximum absolute atomic E-state index is 13.4. The van der Waals surface area contributed by atoms with Crippen molar-refractivity contribution in [3.63, 3.8) is 0 Å². The number of fused-ring (bicyclic) bond motifs is 2. The first-order valence-electron chi connectivity index (χ1n) is 10.8. The molecule has 0 aliphatic carbocycles. The summed E-state index contributed by atoms with van der Waals surface area (Å²) in [4.78, 5) is 16.0. The van der Waals surface area contributed by atoms with Gasteiger partial charge in [-0.25, -0.2) is 0 Å². The van der Waals surface area contributed by atoms with E-state index < -0.39 is 0 Å². The minimum atomic E-state index is 0.0712. The lowest BCUT2D eigenvalue weighted by molar-refractivity contribution is -0.0872. The first-order valence-corrected chi connectivity index (χ1v) is 10.8. The van der Waals surface area contributed by atoms with Gasteiger partial charge in [-0.15, -0.1) is 0 Å². The largest absolute Gasteiger partial charge is 0.378 e. The number of Topliss-reactive ketones (excluding diaryl/α,β-unsaturated/α-hetero) is 1. The molecule has 2 heterocycles. The molecule has 3 aromatic rings. The Balaban J connectivity index is 1.33. The number of rotatable bonds is 5. The monoisotopic (exact) mass is 397 g/mol. The zero-order valence-corrected chi connectivity index (χ0v) is 17.1. The molecular formula is C27H27NO2. The second-order valence-corrected chi connectivity index (χ2v) is 8.48. The summed E-state index contributed by atoms with van der Waals surface area (Å²) in [6.07, 6.45) is 1.75. The van der Waals surface area contributed by atoms with Crippen LogP contribution in [-0.2, 0) is 11.3 Å². The summed E-state index contributed by atoms with van der Waals surface area (Å²) in [5.74, 6) is 0.353. The molecule has 2 atom stereocenters. The molecule has 3 heteroatoms. The number of morpholine rings is 1. The summed E-state index contributed by atoms with van der Waals surface area (Å²) < 4.78 is 5.86. The topological polar surface area (TPSA) is 29.5 Å². The first-order chi connectivity index (χ1) is 14.8. The van der Waals surface area contributed by atoms with E-state index in [1.807, 2.05) is 30.3 Å².